The lowest BCUT2D eigenvalue weighted by Crippen LogP contribution is -2.26. The van der Waals surface area contributed by atoms with Crippen LogP contribution >= 0.6 is 0 Å². The van der Waals surface area contributed by atoms with Gasteiger partial charge in [-0.2, -0.15) is 0 Å². The van der Waals surface area contributed by atoms with E-state index in [1.807, 2.05) is 43.3 Å². The van der Waals surface area contributed by atoms with Crippen molar-refractivity contribution in [2.24, 2.45) is 0 Å². The van der Waals surface area contributed by atoms with E-state index in [-0.39, 0.29) is 5.91 Å². The number of benzene rings is 2. The maximum absolute atomic E-state index is 12.8. The van der Waals surface area contributed by atoms with Crippen molar-refractivity contribution in [1.82, 2.24) is 9.88 Å². The van der Waals surface area contributed by atoms with Gasteiger partial charge in [-0.1, -0.05) is 30.3 Å². The maximum atomic E-state index is 12.8. The number of nitrogens with one attached hydrogen (secondary N) is 1. The Morgan fingerprint density at radius 3 is 2.50 bits per heavy atom. The first-order chi connectivity index (χ1) is 11.7. The standard InChI is InChI=1S/C20H22N2O2/c1-4-22-18-8-6-5-7-17(18)14(2)19(22)20(23)21-13-15-9-11-16(24-3)12-10-15/h5-12H,4,13H2,1-3H3,(H,21,23). The molecule has 0 unspecified atom stereocenters. The van der Waals surface area contributed by atoms with Gasteiger partial charge in [-0.15, -0.1) is 0 Å². The lowest BCUT2D eigenvalue weighted by molar-refractivity contribution is 0.0941. The van der Waals surface area contributed by atoms with E-state index in [1.165, 1.54) is 0 Å². The Labute approximate surface area is 142 Å². The molecule has 0 spiro atoms. The first-order valence-electron chi connectivity index (χ1n) is 8.14. The summed E-state index contributed by atoms with van der Waals surface area (Å²) in [5.74, 6) is 0.772. The SMILES string of the molecule is CCn1c(C(=O)NCc2ccc(OC)cc2)c(C)c2ccccc21. The third kappa shape index (κ3) is 2.87. The van der Waals surface area contributed by atoms with E-state index in [0.29, 0.717) is 6.54 Å². The molecule has 1 aromatic heterocycles. The number of para-hydroxylation sites is 1. The Morgan fingerprint density at radius 1 is 1.12 bits per heavy atom. The van der Waals surface area contributed by atoms with Gasteiger partial charge in [-0.05, 0) is 43.2 Å². The molecule has 1 heterocycles. The van der Waals surface area contributed by atoms with Crippen molar-refractivity contribution in [3.05, 3.63) is 65.4 Å². The lowest BCUT2D eigenvalue weighted by atomic mass is 10.1. The van der Waals surface area contributed by atoms with Crippen LogP contribution in [-0.4, -0.2) is 17.6 Å². The minimum atomic E-state index is -0.0404. The van der Waals surface area contributed by atoms with Crippen LogP contribution < -0.4 is 10.1 Å². The molecule has 2 aromatic carbocycles. The van der Waals surface area contributed by atoms with Crippen LogP contribution in [0, 0.1) is 6.92 Å². The van der Waals surface area contributed by atoms with Gasteiger partial charge in [0.25, 0.3) is 5.91 Å². The highest BCUT2D eigenvalue weighted by Crippen LogP contribution is 2.25. The predicted octanol–water partition coefficient (Wildman–Crippen LogP) is 3.91. The van der Waals surface area contributed by atoms with Crippen LogP contribution in [-0.2, 0) is 13.1 Å². The zero-order chi connectivity index (χ0) is 17.1. The molecule has 1 N–H and O–H groups in total. The first-order valence-corrected chi connectivity index (χ1v) is 8.14. The number of aromatic nitrogens is 1. The molecule has 0 aliphatic carbocycles. The number of carbonyl (C=O) groups is 1. The molecule has 124 valence electrons. The molecule has 24 heavy (non-hydrogen) atoms. The number of hydrogen-bond donors (Lipinski definition) is 1. The molecule has 0 atom stereocenters. The van der Waals surface area contributed by atoms with Gasteiger partial charge in [0.1, 0.15) is 11.4 Å². The second-order valence-corrected chi connectivity index (χ2v) is 5.77. The summed E-state index contributed by atoms with van der Waals surface area (Å²) in [7, 11) is 1.64. The minimum absolute atomic E-state index is 0.0404. The molecule has 0 saturated carbocycles. The zero-order valence-electron chi connectivity index (χ0n) is 14.3. The van der Waals surface area contributed by atoms with E-state index >= 15 is 0 Å². The lowest BCUT2D eigenvalue weighted by Gasteiger charge is -2.10. The van der Waals surface area contributed by atoms with E-state index in [4.69, 9.17) is 4.74 Å². The van der Waals surface area contributed by atoms with Crippen molar-refractivity contribution in [3.8, 4) is 5.75 Å². The molecular weight excluding hydrogens is 300 g/mol. The average molecular weight is 322 g/mol. The summed E-state index contributed by atoms with van der Waals surface area (Å²) in [5.41, 5.74) is 3.92. The van der Waals surface area contributed by atoms with Crippen molar-refractivity contribution < 1.29 is 9.53 Å². The van der Waals surface area contributed by atoms with Crippen LogP contribution in [0.1, 0.15) is 28.5 Å². The molecule has 0 radical (unpaired) electrons. The number of ether oxygens (including phenoxy) is 1. The zero-order valence-corrected chi connectivity index (χ0v) is 14.3. The van der Waals surface area contributed by atoms with Gasteiger partial charge in [-0.25, -0.2) is 0 Å². The quantitative estimate of drug-likeness (QED) is 0.774. The Bertz CT molecular complexity index is 863. The van der Waals surface area contributed by atoms with Gasteiger partial charge in [-0.3, -0.25) is 4.79 Å². The van der Waals surface area contributed by atoms with Crippen LogP contribution in [0.5, 0.6) is 5.75 Å². The number of amides is 1. The van der Waals surface area contributed by atoms with Gasteiger partial charge in [0, 0.05) is 24.0 Å². The molecule has 3 aromatic rings. The first kappa shape index (κ1) is 16.1. The van der Waals surface area contributed by atoms with Crippen LogP contribution in [0.15, 0.2) is 48.5 Å². The van der Waals surface area contributed by atoms with E-state index in [0.717, 1.165) is 40.0 Å². The summed E-state index contributed by atoms with van der Waals surface area (Å²) in [6.45, 7) is 5.33. The second kappa shape index (κ2) is 6.79. The highest BCUT2D eigenvalue weighted by Gasteiger charge is 2.18. The van der Waals surface area contributed by atoms with Crippen molar-refractivity contribution in [3.63, 3.8) is 0 Å². The van der Waals surface area contributed by atoms with Gasteiger partial charge in [0.2, 0.25) is 0 Å². The smallest absolute Gasteiger partial charge is 0.268 e. The molecule has 0 bridgehead atoms. The molecule has 4 nitrogen and oxygen atoms in total. The summed E-state index contributed by atoms with van der Waals surface area (Å²) in [4.78, 5) is 12.8. The number of carbonyl (C=O) groups excluding carboxylic acids is 1. The highest BCUT2D eigenvalue weighted by atomic mass is 16.5. The Kier molecular flexibility index (Phi) is 4.56. The third-order valence-corrected chi connectivity index (χ3v) is 4.37. The molecule has 0 saturated heterocycles. The highest BCUT2D eigenvalue weighted by molar-refractivity contribution is 6.01. The number of fused-ring (bicyclic) bond motifs is 1. The average Bonchev–Trinajstić information content (AvgIpc) is 2.92. The summed E-state index contributed by atoms with van der Waals surface area (Å²) < 4.78 is 7.23. The van der Waals surface area contributed by atoms with Crippen molar-refractivity contribution >= 4 is 16.8 Å². The molecule has 0 fully saturated rings. The summed E-state index contributed by atoms with van der Waals surface area (Å²) >= 11 is 0. The number of aryl methyl sites for hydroxylation is 2. The molecule has 0 aliphatic heterocycles. The Balaban J connectivity index is 1.84. The molecule has 1 amide bonds. The van der Waals surface area contributed by atoms with Crippen molar-refractivity contribution in [1.29, 1.82) is 0 Å². The van der Waals surface area contributed by atoms with E-state index in [2.05, 4.69) is 28.9 Å². The third-order valence-electron chi connectivity index (χ3n) is 4.37. The summed E-state index contributed by atoms with van der Waals surface area (Å²) in [5, 5.41) is 4.16. The second-order valence-electron chi connectivity index (χ2n) is 5.77. The molecule has 4 heteroatoms. The number of hydrogen-bond acceptors (Lipinski definition) is 2. The fourth-order valence-corrected chi connectivity index (χ4v) is 3.11. The molecule has 0 aliphatic rings. The van der Waals surface area contributed by atoms with E-state index < -0.39 is 0 Å². The summed E-state index contributed by atoms with van der Waals surface area (Å²) in [6.07, 6.45) is 0. The molecular formula is C20H22N2O2. The van der Waals surface area contributed by atoms with E-state index in [1.54, 1.807) is 7.11 Å². The maximum Gasteiger partial charge on any atom is 0.268 e. The van der Waals surface area contributed by atoms with Crippen LogP contribution in [0.3, 0.4) is 0 Å². The predicted molar refractivity (Wildman–Crippen MR) is 96.5 cm³/mol. The number of nitrogens with zero attached hydrogens (tertiary/aromatic N) is 1. The Hall–Kier alpha value is -2.75. The number of rotatable bonds is 5. The fraction of sp³-hybridized carbons (Fsp3) is 0.250. The topological polar surface area (TPSA) is 43.3 Å². The van der Waals surface area contributed by atoms with E-state index in [9.17, 15) is 4.79 Å². The normalized spacial score (nSPS) is 10.8. The minimum Gasteiger partial charge on any atom is -0.497 e. The van der Waals surface area contributed by atoms with Crippen LogP contribution in [0.2, 0.25) is 0 Å². The van der Waals surface area contributed by atoms with Gasteiger partial charge >= 0.3 is 0 Å². The van der Waals surface area contributed by atoms with Crippen LogP contribution in [0.25, 0.3) is 10.9 Å². The summed E-state index contributed by atoms with van der Waals surface area (Å²) in [6, 6.07) is 15.9. The van der Waals surface area contributed by atoms with Gasteiger partial charge < -0.3 is 14.6 Å². The largest absolute Gasteiger partial charge is 0.497 e. The Morgan fingerprint density at radius 2 is 1.83 bits per heavy atom. The number of methoxy groups -OCH3 is 1. The van der Waals surface area contributed by atoms with Crippen molar-refractivity contribution in [2.45, 2.75) is 26.9 Å². The molecule has 3 rings (SSSR count). The monoisotopic (exact) mass is 322 g/mol. The van der Waals surface area contributed by atoms with Gasteiger partial charge in [0.15, 0.2) is 0 Å². The van der Waals surface area contributed by atoms with Crippen LogP contribution in [0.4, 0.5) is 0 Å². The van der Waals surface area contributed by atoms with Gasteiger partial charge in [0.05, 0.1) is 7.11 Å². The fourth-order valence-electron chi connectivity index (χ4n) is 3.11. The van der Waals surface area contributed by atoms with Crippen molar-refractivity contribution in [2.75, 3.05) is 7.11 Å².